The molecule has 3 nitrogen and oxygen atoms in total. The zero-order valence-corrected chi connectivity index (χ0v) is 10.7. The lowest BCUT2D eigenvalue weighted by Gasteiger charge is -2.06. The molecule has 18 heavy (non-hydrogen) atoms. The minimum absolute atomic E-state index is 0.287. The van der Waals surface area contributed by atoms with Gasteiger partial charge < -0.3 is 10.4 Å². The van der Waals surface area contributed by atoms with Gasteiger partial charge in [-0.25, -0.2) is 4.39 Å². The van der Waals surface area contributed by atoms with E-state index in [9.17, 15) is 9.18 Å². The first-order valence-corrected chi connectivity index (χ1v) is 5.91. The second-order valence-corrected chi connectivity index (χ2v) is 4.55. The second kappa shape index (κ2) is 5.18. The molecule has 0 bridgehead atoms. The molecule has 2 aromatic rings. The first kappa shape index (κ1) is 12.6. The Morgan fingerprint density at radius 2 is 2.00 bits per heavy atom. The minimum Gasteiger partial charge on any atom is -0.505 e. The van der Waals surface area contributed by atoms with Crippen LogP contribution < -0.4 is 5.32 Å². The number of phenols is 1. The van der Waals surface area contributed by atoms with Crippen LogP contribution in [-0.4, -0.2) is 11.0 Å². The maximum atomic E-state index is 13.1. The molecule has 92 valence electrons. The van der Waals surface area contributed by atoms with E-state index in [1.807, 2.05) is 0 Å². The van der Waals surface area contributed by atoms with Crippen LogP contribution in [0.3, 0.4) is 0 Å². The maximum Gasteiger partial charge on any atom is 0.255 e. The van der Waals surface area contributed by atoms with Crippen molar-refractivity contribution in [2.75, 3.05) is 5.32 Å². The number of anilines is 1. The van der Waals surface area contributed by atoms with Crippen LogP contribution in [0.25, 0.3) is 0 Å². The van der Waals surface area contributed by atoms with Crippen molar-refractivity contribution in [2.45, 2.75) is 0 Å². The number of carbonyl (C=O) groups is 1. The number of hydrogen-bond acceptors (Lipinski definition) is 2. The number of aromatic hydroxyl groups is 1. The van der Waals surface area contributed by atoms with Gasteiger partial charge in [-0.1, -0.05) is 22.0 Å². The van der Waals surface area contributed by atoms with E-state index in [4.69, 9.17) is 5.11 Å². The molecule has 0 aliphatic carbocycles. The largest absolute Gasteiger partial charge is 0.505 e. The molecule has 2 aromatic carbocycles. The van der Waals surface area contributed by atoms with Crippen molar-refractivity contribution in [1.29, 1.82) is 0 Å². The van der Waals surface area contributed by atoms with E-state index in [1.165, 1.54) is 12.1 Å². The van der Waals surface area contributed by atoms with Gasteiger partial charge in [-0.05, 0) is 30.3 Å². The van der Waals surface area contributed by atoms with Crippen molar-refractivity contribution in [3.05, 3.63) is 58.3 Å². The number of phenolic OH excluding ortho intramolecular Hbond substituents is 1. The molecular formula is C13H9BrFNO2. The SMILES string of the molecule is O=C(Nc1ccc(O)c(F)c1)c1cccc(Br)c1. The van der Waals surface area contributed by atoms with Crippen molar-refractivity contribution in [2.24, 2.45) is 0 Å². The molecule has 0 saturated carbocycles. The summed E-state index contributed by atoms with van der Waals surface area (Å²) in [5, 5.41) is 11.6. The van der Waals surface area contributed by atoms with Crippen molar-refractivity contribution >= 4 is 27.5 Å². The third-order valence-corrected chi connectivity index (χ3v) is 2.79. The molecule has 0 aromatic heterocycles. The number of carbonyl (C=O) groups excluding carboxylic acids is 1. The van der Waals surface area contributed by atoms with E-state index in [-0.39, 0.29) is 11.6 Å². The van der Waals surface area contributed by atoms with Gasteiger partial charge in [-0.3, -0.25) is 4.79 Å². The number of rotatable bonds is 2. The highest BCUT2D eigenvalue weighted by Gasteiger charge is 2.08. The van der Waals surface area contributed by atoms with Gasteiger partial charge in [0.05, 0.1) is 0 Å². The van der Waals surface area contributed by atoms with Crippen LogP contribution in [0.4, 0.5) is 10.1 Å². The summed E-state index contributed by atoms with van der Waals surface area (Å²) in [6.45, 7) is 0. The van der Waals surface area contributed by atoms with Gasteiger partial charge in [0.25, 0.3) is 5.91 Å². The Bertz CT molecular complexity index is 601. The van der Waals surface area contributed by atoms with Gasteiger partial charge in [0.15, 0.2) is 11.6 Å². The molecule has 0 radical (unpaired) electrons. The number of nitrogens with one attached hydrogen (secondary N) is 1. The Balaban J connectivity index is 2.18. The average molecular weight is 310 g/mol. The molecule has 2 N–H and O–H groups in total. The smallest absolute Gasteiger partial charge is 0.255 e. The highest BCUT2D eigenvalue weighted by Crippen LogP contribution is 2.20. The van der Waals surface area contributed by atoms with Gasteiger partial charge in [-0.15, -0.1) is 0 Å². The van der Waals surface area contributed by atoms with Crippen LogP contribution in [0, 0.1) is 5.82 Å². The van der Waals surface area contributed by atoms with E-state index < -0.39 is 11.6 Å². The molecule has 2 rings (SSSR count). The average Bonchev–Trinajstić information content (AvgIpc) is 2.34. The summed E-state index contributed by atoms with van der Waals surface area (Å²) in [5.41, 5.74) is 0.744. The fourth-order valence-electron chi connectivity index (χ4n) is 1.42. The van der Waals surface area contributed by atoms with Crippen LogP contribution in [0.1, 0.15) is 10.4 Å². The van der Waals surface area contributed by atoms with Crippen LogP contribution >= 0.6 is 15.9 Å². The highest BCUT2D eigenvalue weighted by molar-refractivity contribution is 9.10. The summed E-state index contributed by atoms with van der Waals surface area (Å²) in [6, 6.07) is 10.5. The first-order chi connectivity index (χ1) is 8.56. The van der Waals surface area contributed by atoms with Gasteiger partial charge in [0.2, 0.25) is 0 Å². The molecule has 0 aliphatic heterocycles. The molecule has 0 saturated heterocycles. The topological polar surface area (TPSA) is 49.3 Å². The lowest BCUT2D eigenvalue weighted by atomic mass is 10.2. The molecule has 0 fully saturated rings. The lowest BCUT2D eigenvalue weighted by molar-refractivity contribution is 0.102. The summed E-state index contributed by atoms with van der Waals surface area (Å²) in [4.78, 5) is 11.8. The number of amides is 1. The fraction of sp³-hybridized carbons (Fsp3) is 0. The van der Waals surface area contributed by atoms with E-state index in [0.717, 1.165) is 10.5 Å². The Kier molecular flexibility index (Phi) is 3.62. The van der Waals surface area contributed by atoms with Gasteiger partial charge in [0, 0.05) is 21.8 Å². The molecular weight excluding hydrogens is 301 g/mol. The summed E-state index contributed by atoms with van der Waals surface area (Å²) in [5.74, 6) is -1.57. The third-order valence-electron chi connectivity index (χ3n) is 2.29. The fourth-order valence-corrected chi connectivity index (χ4v) is 1.82. The summed E-state index contributed by atoms with van der Waals surface area (Å²) in [6.07, 6.45) is 0. The van der Waals surface area contributed by atoms with Gasteiger partial charge >= 0.3 is 0 Å². The van der Waals surface area contributed by atoms with Crippen LogP contribution in [0.2, 0.25) is 0 Å². The number of benzene rings is 2. The first-order valence-electron chi connectivity index (χ1n) is 5.12. The van der Waals surface area contributed by atoms with Gasteiger partial charge in [0.1, 0.15) is 0 Å². The van der Waals surface area contributed by atoms with Crippen molar-refractivity contribution in [3.63, 3.8) is 0 Å². The van der Waals surface area contributed by atoms with E-state index in [0.29, 0.717) is 5.56 Å². The minimum atomic E-state index is -0.776. The molecule has 0 unspecified atom stereocenters. The molecule has 0 aliphatic rings. The molecule has 1 amide bonds. The summed E-state index contributed by atoms with van der Waals surface area (Å²) in [7, 11) is 0. The molecule has 0 spiro atoms. The van der Waals surface area contributed by atoms with Crippen molar-refractivity contribution < 1.29 is 14.3 Å². The summed E-state index contributed by atoms with van der Waals surface area (Å²) >= 11 is 3.26. The van der Waals surface area contributed by atoms with E-state index in [2.05, 4.69) is 21.2 Å². The highest BCUT2D eigenvalue weighted by atomic mass is 79.9. The van der Waals surface area contributed by atoms with E-state index >= 15 is 0 Å². The Morgan fingerprint density at radius 1 is 1.22 bits per heavy atom. The van der Waals surface area contributed by atoms with E-state index in [1.54, 1.807) is 24.3 Å². The predicted molar refractivity (Wildman–Crippen MR) is 70.2 cm³/mol. The van der Waals surface area contributed by atoms with Crippen molar-refractivity contribution in [1.82, 2.24) is 0 Å². The quantitative estimate of drug-likeness (QED) is 0.834. The molecule has 5 heteroatoms. The van der Waals surface area contributed by atoms with Crippen molar-refractivity contribution in [3.8, 4) is 5.75 Å². The predicted octanol–water partition coefficient (Wildman–Crippen LogP) is 3.55. The van der Waals surface area contributed by atoms with Gasteiger partial charge in [-0.2, -0.15) is 0 Å². The Hall–Kier alpha value is -1.88. The summed E-state index contributed by atoms with van der Waals surface area (Å²) < 4.78 is 13.9. The lowest BCUT2D eigenvalue weighted by Crippen LogP contribution is -2.11. The standard InChI is InChI=1S/C13H9BrFNO2/c14-9-3-1-2-8(6-9)13(18)16-10-4-5-12(17)11(15)7-10/h1-7,17H,(H,16,18). The Morgan fingerprint density at radius 3 is 2.67 bits per heavy atom. The number of halogens is 2. The van der Waals surface area contributed by atoms with Crippen LogP contribution in [0.5, 0.6) is 5.75 Å². The molecule has 0 heterocycles. The molecule has 0 atom stereocenters. The third kappa shape index (κ3) is 2.87. The second-order valence-electron chi connectivity index (χ2n) is 3.63. The normalized spacial score (nSPS) is 10.1. The van der Waals surface area contributed by atoms with Crippen LogP contribution in [-0.2, 0) is 0 Å². The Labute approximate surface area is 111 Å². The monoisotopic (exact) mass is 309 g/mol. The maximum absolute atomic E-state index is 13.1. The van der Waals surface area contributed by atoms with Crippen LogP contribution in [0.15, 0.2) is 46.9 Å². The zero-order chi connectivity index (χ0) is 13.1. The number of hydrogen-bond donors (Lipinski definition) is 2. The zero-order valence-electron chi connectivity index (χ0n) is 9.15.